The Morgan fingerprint density at radius 3 is 2.76 bits per heavy atom. The second kappa shape index (κ2) is 7.56. The van der Waals surface area contributed by atoms with Crippen molar-refractivity contribution in [1.82, 2.24) is 5.32 Å². The lowest BCUT2D eigenvalue weighted by atomic mass is 9.95. The molecular weight excluding hydrogens is 288 g/mol. The van der Waals surface area contributed by atoms with E-state index in [0.717, 1.165) is 44.2 Å². The molecule has 0 aliphatic heterocycles. The number of aryl methyl sites for hydroxylation is 1. The molecule has 6 heteroatoms. The van der Waals surface area contributed by atoms with E-state index in [9.17, 15) is 9.59 Å². The molecule has 21 heavy (non-hydrogen) atoms. The van der Waals surface area contributed by atoms with Crippen LogP contribution in [0.2, 0.25) is 0 Å². The summed E-state index contributed by atoms with van der Waals surface area (Å²) < 4.78 is 4.88. The molecule has 5 nitrogen and oxygen atoms in total. The predicted octanol–water partition coefficient (Wildman–Crippen LogP) is 2.35. The molecule has 0 aromatic carbocycles. The summed E-state index contributed by atoms with van der Waals surface area (Å²) in [4.78, 5) is 25.2. The van der Waals surface area contributed by atoms with Crippen LogP contribution in [0.3, 0.4) is 0 Å². The van der Waals surface area contributed by atoms with Crippen LogP contribution in [-0.4, -0.2) is 32.1 Å². The molecule has 0 atom stereocenters. The SMILES string of the molecule is CCCNCC(=O)Nc1sc2c(c1C(=O)OC)CCCC2. The molecule has 0 radical (unpaired) electrons. The van der Waals surface area contributed by atoms with Crippen LogP contribution in [0, 0.1) is 0 Å². The maximum Gasteiger partial charge on any atom is 0.341 e. The van der Waals surface area contributed by atoms with E-state index in [1.807, 2.05) is 6.92 Å². The second-order valence-electron chi connectivity index (χ2n) is 5.13. The lowest BCUT2D eigenvalue weighted by Crippen LogP contribution is -2.28. The first-order valence-corrected chi connectivity index (χ1v) is 8.22. The van der Waals surface area contributed by atoms with E-state index in [4.69, 9.17) is 4.74 Å². The zero-order valence-corrected chi connectivity index (χ0v) is 13.4. The molecule has 1 aliphatic carbocycles. The number of rotatable bonds is 6. The van der Waals surface area contributed by atoms with Crippen molar-refractivity contribution in [2.24, 2.45) is 0 Å². The average Bonchev–Trinajstić information content (AvgIpc) is 2.84. The number of thiophene rings is 1. The third-order valence-corrected chi connectivity index (χ3v) is 4.73. The van der Waals surface area contributed by atoms with Crippen LogP contribution in [0.25, 0.3) is 0 Å². The molecule has 1 heterocycles. The highest BCUT2D eigenvalue weighted by Crippen LogP contribution is 2.38. The Morgan fingerprint density at radius 2 is 2.05 bits per heavy atom. The Kier molecular flexibility index (Phi) is 5.76. The van der Waals surface area contributed by atoms with Crippen LogP contribution in [0.5, 0.6) is 0 Å². The van der Waals surface area contributed by atoms with Crippen molar-refractivity contribution in [3.63, 3.8) is 0 Å². The first-order valence-electron chi connectivity index (χ1n) is 7.40. The predicted molar refractivity (Wildman–Crippen MR) is 84.1 cm³/mol. The molecule has 0 saturated carbocycles. The third kappa shape index (κ3) is 3.83. The van der Waals surface area contributed by atoms with Gasteiger partial charge in [-0.15, -0.1) is 11.3 Å². The van der Waals surface area contributed by atoms with Gasteiger partial charge in [-0.2, -0.15) is 0 Å². The van der Waals surface area contributed by atoms with Gasteiger partial charge < -0.3 is 15.4 Å². The molecule has 116 valence electrons. The normalized spacial score (nSPS) is 13.6. The Morgan fingerprint density at radius 1 is 1.29 bits per heavy atom. The minimum absolute atomic E-state index is 0.118. The van der Waals surface area contributed by atoms with E-state index in [-0.39, 0.29) is 18.4 Å². The first kappa shape index (κ1) is 16.0. The minimum atomic E-state index is -0.355. The second-order valence-corrected chi connectivity index (χ2v) is 6.24. The van der Waals surface area contributed by atoms with Gasteiger partial charge in [0.25, 0.3) is 0 Å². The van der Waals surface area contributed by atoms with Crippen LogP contribution < -0.4 is 10.6 Å². The van der Waals surface area contributed by atoms with Gasteiger partial charge in [0.15, 0.2) is 0 Å². The van der Waals surface area contributed by atoms with Crippen molar-refractivity contribution < 1.29 is 14.3 Å². The Balaban J connectivity index is 2.16. The lowest BCUT2D eigenvalue weighted by molar-refractivity contribution is -0.115. The number of fused-ring (bicyclic) bond motifs is 1. The molecule has 0 fully saturated rings. The number of nitrogens with one attached hydrogen (secondary N) is 2. The van der Waals surface area contributed by atoms with Crippen molar-refractivity contribution in [3.8, 4) is 0 Å². The van der Waals surface area contributed by atoms with E-state index in [0.29, 0.717) is 10.6 Å². The van der Waals surface area contributed by atoms with Gasteiger partial charge in [-0.25, -0.2) is 4.79 Å². The molecule has 1 amide bonds. The summed E-state index contributed by atoms with van der Waals surface area (Å²) >= 11 is 1.51. The van der Waals surface area contributed by atoms with E-state index in [2.05, 4.69) is 10.6 Å². The maximum atomic E-state index is 12.0. The van der Waals surface area contributed by atoms with Gasteiger partial charge in [0.05, 0.1) is 19.2 Å². The zero-order valence-electron chi connectivity index (χ0n) is 12.6. The van der Waals surface area contributed by atoms with Crippen LogP contribution in [-0.2, 0) is 22.4 Å². The highest BCUT2D eigenvalue weighted by molar-refractivity contribution is 7.17. The van der Waals surface area contributed by atoms with Gasteiger partial charge in [-0.05, 0) is 44.2 Å². The van der Waals surface area contributed by atoms with E-state index in [1.165, 1.54) is 23.3 Å². The highest BCUT2D eigenvalue weighted by atomic mass is 32.1. The van der Waals surface area contributed by atoms with Crippen LogP contribution in [0.1, 0.15) is 47.0 Å². The van der Waals surface area contributed by atoms with E-state index < -0.39 is 0 Å². The topological polar surface area (TPSA) is 67.4 Å². The number of amides is 1. The van der Waals surface area contributed by atoms with E-state index >= 15 is 0 Å². The molecule has 2 N–H and O–H groups in total. The fraction of sp³-hybridized carbons (Fsp3) is 0.600. The number of hydrogen-bond acceptors (Lipinski definition) is 5. The zero-order chi connectivity index (χ0) is 15.2. The summed E-state index contributed by atoms with van der Waals surface area (Å²) in [5.41, 5.74) is 1.62. The summed E-state index contributed by atoms with van der Waals surface area (Å²) in [5.74, 6) is -0.474. The lowest BCUT2D eigenvalue weighted by Gasteiger charge is -2.11. The molecule has 0 bridgehead atoms. The summed E-state index contributed by atoms with van der Waals surface area (Å²) in [6.45, 7) is 3.11. The van der Waals surface area contributed by atoms with Crippen LogP contribution in [0.4, 0.5) is 5.00 Å². The number of anilines is 1. The largest absolute Gasteiger partial charge is 0.465 e. The molecule has 0 unspecified atom stereocenters. The van der Waals surface area contributed by atoms with Crippen molar-refractivity contribution in [3.05, 3.63) is 16.0 Å². The molecular formula is C15H22N2O3S. The van der Waals surface area contributed by atoms with Crippen molar-refractivity contribution in [2.45, 2.75) is 39.0 Å². The van der Waals surface area contributed by atoms with Gasteiger partial charge in [0.2, 0.25) is 5.91 Å². The average molecular weight is 310 g/mol. The van der Waals surface area contributed by atoms with Crippen LogP contribution in [0.15, 0.2) is 0 Å². The maximum absolute atomic E-state index is 12.0. The van der Waals surface area contributed by atoms with Gasteiger partial charge in [-0.3, -0.25) is 4.79 Å². The minimum Gasteiger partial charge on any atom is -0.465 e. The number of hydrogen-bond donors (Lipinski definition) is 2. The summed E-state index contributed by atoms with van der Waals surface area (Å²) in [5, 5.41) is 6.55. The van der Waals surface area contributed by atoms with E-state index in [1.54, 1.807) is 0 Å². The van der Waals surface area contributed by atoms with Gasteiger partial charge in [-0.1, -0.05) is 6.92 Å². The third-order valence-electron chi connectivity index (χ3n) is 3.53. The van der Waals surface area contributed by atoms with Gasteiger partial charge in [0, 0.05) is 4.88 Å². The van der Waals surface area contributed by atoms with Gasteiger partial charge in [0.1, 0.15) is 5.00 Å². The van der Waals surface area contributed by atoms with Crippen molar-refractivity contribution in [1.29, 1.82) is 0 Å². The standard InChI is InChI=1S/C15H22N2O3S/c1-3-8-16-9-12(18)17-14-13(15(19)20-2)10-6-4-5-7-11(10)21-14/h16H,3-9H2,1-2H3,(H,17,18). The number of ether oxygens (including phenoxy) is 1. The fourth-order valence-corrected chi connectivity index (χ4v) is 3.82. The number of methoxy groups -OCH3 is 1. The summed E-state index contributed by atoms with van der Waals surface area (Å²) in [6.07, 6.45) is 5.07. The summed E-state index contributed by atoms with van der Waals surface area (Å²) in [7, 11) is 1.38. The summed E-state index contributed by atoms with van der Waals surface area (Å²) in [6, 6.07) is 0. The van der Waals surface area contributed by atoms with Crippen LogP contribution >= 0.6 is 11.3 Å². The van der Waals surface area contributed by atoms with Gasteiger partial charge >= 0.3 is 5.97 Å². The molecule has 1 aromatic heterocycles. The monoisotopic (exact) mass is 310 g/mol. The molecule has 0 spiro atoms. The van der Waals surface area contributed by atoms with Crippen molar-refractivity contribution >= 4 is 28.2 Å². The Bertz CT molecular complexity index is 525. The number of carbonyl (C=O) groups is 2. The smallest absolute Gasteiger partial charge is 0.341 e. The number of carbonyl (C=O) groups excluding carboxylic acids is 2. The molecule has 1 aromatic rings. The highest BCUT2D eigenvalue weighted by Gasteiger charge is 2.26. The first-order chi connectivity index (χ1) is 10.2. The Labute approximate surface area is 129 Å². The quantitative estimate of drug-likeness (QED) is 0.625. The Hall–Kier alpha value is -1.40. The molecule has 1 aliphatic rings. The molecule has 2 rings (SSSR count). The molecule has 0 saturated heterocycles. The number of esters is 1. The fourth-order valence-electron chi connectivity index (χ4n) is 2.52. The van der Waals surface area contributed by atoms with Crippen molar-refractivity contribution in [2.75, 3.05) is 25.5 Å².